The van der Waals surface area contributed by atoms with E-state index >= 15 is 0 Å². The van der Waals surface area contributed by atoms with Gasteiger partial charge in [-0.2, -0.15) is 0 Å². The smallest absolute Gasteiger partial charge is 0.124 e. The van der Waals surface area contributed by atoms with E-state index in [1.165, 1.54) is 0 Å². The standard InChI is InChI=1S/C14H20BrNO2/c1-8-6-13(17-3)10(7-11(8)15)14(16)12-5-4-9(2)18-12/h6-7,9,12,14H,4-5,16H2,1-3H3. The molecular formula is C14H20BrNO2. The Kier molecular flexibility index (Phi) is 4.30. The highest BCUT2D eigenvalue weighted by molar-refractivity contribution is 9.10. The first kappa shape index (κ1) is 13.8. The summed E-state index contributed by atoms with van der Waals surface area (Å²) < 4.78 is 12.3. The molecule has 3 atom stereocenters. The van der Waals surface area contributed by atoms with Crippen LogP contribution in [0, 0.1) is 6.92 Å². The van der Waals surface area contributed by atoms with Crippen LogP contribution in [0.5, 0.6) is 5.75 Å². The molecule has 1 aromatic carbocycles. The molecular weight excluding hydrogens is 294 g/mol. The van der Waals surface area contributed by atoms with Crippen LogP contribution in [0.1, 0.15) is 36.9 Å². The third-order valence-corrected chi connectivity index (χ3v) is 4.39. The highest BCUT2D eigenvalue weighted by atomic mass is 79.9. The molecule has 0 aliphatic carbocycles. The van der Waals surface area contributed by atoms with Crippen molar-refractivity contribution in [2.24, 2.45) is 5.73 Å². The van der Waals surface area contributed by atoms with Crippen molar-refractivity contribution < 1.29 is 9.47 Å². The monoisotopic (exact) mass is 313 g/mol. The lowest BCUT2D eigenvalue weighted by Crippen LogP contribution is -2.26. The van der Waals surface area contributed by atoms with Gasteiger partial charge in [-0.1, -0.05) is 15.9 Å². The zero-order valence-electron chi connectivity index (χ0n) is 11.1. The van der Waals surface area contributed by atoms with Crippen LogP contribution in [0.2, 0.25) is 0 Å². The Morgan fingerprint density at radius 3 is 2.72 bits per heavy atom. The van der Waals surface area contributed by atoms with Crippen molar-refractivity contribution in [3.63, 3.8) is 0 Å². The van der Waals surface area contributed by atoms with Crippen LogP contribution in [-0.4, -0.2) is 19.3 Å². The van der Waals surface area contributed by atoms with E-state index in [0.717, 1.165) is 34.2 Å². The van der Waals surface area contributed by atoms with E-state index in [1.807, 2.05) is 19.1 Å². The summed E-state index contributed by atoms with van der Waals surface area (Å²) >= 11 is 3.55. The van der Waals surface area contributed by atoms with Crippen molar-refractivity contribution in [3.05, 3.63) is 27.7 Å². The molecule has 1 fully saturated rings. The lowest BCUT2D eigenvalue weighted by molar-refractivity contribution is 0.0396. The number of ether oxygens (including phenoxy) is 2. The van der Waals surface area contributed by atoms with Crippen LogP contribution in [0.25, 0.3) is 0 Å². The maximum Gasteiger partial charge on any atom is 0.124 e. The van der Waals surface area contributed by atoms with E-state index in [-0.39, 0.29) is 12.1 Å². The van der Waals surface area contributed by atoms with Crippen molar-refractivity contribution in [2.75, 3.05) is 7.11 Å². The molecule has 2 N–H and O–H groups in total. The lowest BCUT2D eigenvalue weighted by Gasteiger charge is -2.22. The summed E-state index contributed by atoms with van der Waals surface area (Å²) in [6, 6.07) is 3.92. The molecule has 0 aromatic heterocycles. The van der Waals surface area contributed by atoms with Crippen molar-refractivity contribution in [2.45, 2.75) is 44.9 Å². The topological polar surface area (TPSA) is 44.5 Å². The molecule has 1 aromatic rings. The molecule has 0 bridgehead atoms. The minimum atomic E-state index is -0.137. The van der Waals surface area contributed by atoms with Crippen LogP contribution in [-0.2, 0) is 4.74 Å². The second kappa shape index (κ2) is 5.59. The van der Waals surface area contributed by atoms with Crippen molar-refractivity contribution in [1.29, 1.82) is 0 Å². The average molecular weight is 314 g/mol. The van der Waals surface area contributed by atoms with Crippen molar-refractivity contribution in [3.8, 4) is 5.75 Å². The van der Waals surface area contributed by atoms with E-state index < -0.39 is 0 Å². The number of halogens is 1. The highest BCUT2D eigenvalue weighted by Crippen LogP contribution is 2.35. The third-order valence-electron chi connectivity index (χ3n) is 3.54. The maximum atomic E-state index is 6.33. The van der Waals surface area contributed by atoms with Crippen LogP contribution in [0.3, 0.4) is 0 Å². The quantitative estimate of drug-likeness (QED) is 0.931. The van der Waals surface area contributed by atoms with Crippen molar-refractivity contribution >= 4 is 15.9 Å². The Morgan fingerprint density at radius 2 is 2.17 bits per heavy atom. The summed E-state index contributed by atoms with van der Waals surface area (Å²) in [5.41, 5.74) is 8.48. The van der Waals surface area contributed by atoms with Gasteiger partial charge in [0.2, 0.25) is 0 Å². The Hall–Kier alpha value is -0.580. The normalized spacial score (nSPS) is 25.2. The molecule has 18 heavy (non-hydrogen) atoms. The van der Waals surface area contributed by atoms with Gasteiger partial charge >= 0.3 is 0 Å². The fourth-order valence-corrected chi connectivity index (χ4v) is 2.77. The van der Waals surface area contributed by atoms with Gasteiger partial charge in [0.15, 0.2) is 0 Å². The number of hydrogen-bond acceptors (Lipinski definition) is 3. The maximum absolute atomic E-state index is 6.33. The molecule has 3 nitrogen and oxygen atoms in total. The zero-order valence-corrected chi connectivity index (χ0v) is 12.7. The molecule has 1 aliphatic heterocycles. The molecule has 0 amide bonds. The van der Waals surface area contributed by atoms with E-state index in [0.29, 0.717) is 6.10 Å². The number of nitrogens with two attached hydrogens (primary N) is 1. The summed E-state index contributed by atoms with van der Waals surface area (Å²) in [6.07, 6.45) is 2.48. The lowest BCUT2D eigenvalue weighted by atomic mass is 9.98. The fraction of sp³-hybridized carbons (Fsp3) is 0.571. The first-order valence-electron chi connectivity index (χ1n) is 6.28. The van der Waals surface area contributed by atoms with Gasteiger partial charge in [-0.3, -0.25) is 0 Å². The second-order valence-corrected chi connectivity index (χ2v) is 5.79. The van der Waals surface area contributed by atoms with Crippen molar-refractivity contribution in [1.82, 2.24) is 0 Å². The number of rotatable bonds is 3. The summed E-state index contributed by atoms with van der Waals surface area (Å²) in [5.74, 6) is 0.839. The molecule has 2 rings (SSSR count). The Balaban J connectivity index is 2.29. The van der Waals surface area contributed by atoms with Gasteiger partial charge in [0, 0.05) is 10.0 Å². The van der Waals surface area contributed by atoms with Crippen LogP contribution in [0.15, 0.2) is 16.6 Å². The predicted octanol–water partition coefficient (Wildman–Crippen LogP) is 3.33. The number of hydrogen-bond donors (Lipinski definition) is 1. The van der Waals surface area contributed by atoms with E-state index in [4.69, 9.17) is 15.2 Å². The van der Waals surface area contributed by atoms with Gasteiger partial charge in [-0.25, -0.2) is 0 Å². The van der Waals surface area contributed by atoms with Gasteiger partial charge in [-0.05, 0) is 44.4 Å². The molecule has 0 saturated carbocycles. The highest BCUT2D eigenvalue weighted by Gasteiger charge is 2.30. The zero-order chi connectivity index (χ0) is 13.3. The minimum absolute atomic E-state index is 0.0866. The van der Waals surface area contributed by atoms with Gasteiger partial charge in [0.05, 0.1) is 25.4 Å². The van der Waals surface area contributed by atoms with Gasteiger partial charge in [-0.15, -0.1) is 0 Å². The number of benzene rings is 1. The molecule has 1 heterocycles. The first-order chi connectivity index (χ1) is 8.52. The summed E-state index contributed by atoms with van der Waals surface area (Å²) in [5, 5.41) is 0. The SMILES string of the molecule is COc1cc(C)c(Br)cc1C(N)C1CCC(C)O1. The molecule has 100 valence electrons. The Labute approximate surface area is 117 Å². The molecule has 1 saturated heterocycles. The molecule has 1 aliphatic rings. The molecule has 3 unspecified atom stereocenters. The third kappa shape index (κ3) is 2.71. The van der Waals surface area contributed by atoms with Crippen LogP contribution >= 0.6 is 15.9 Å². The van der Waals surface area contributed by atoms with E-state index in [2.05, 4.69) is 22.9 Å². The predicted molar refractivity (Wildman–Crippen MR) is 75.9 cm³/mol. The van der Waals surface area contributed by atoms with E-state index in [1.54, 1.807) is 7.11 Å². The molecule has 4 heteroatoms. The van der Waals surface area contributed by atoms with Crippen LogP contribution < -0.4 is 10.5 Å². The van der Waals surface area contributed by atoms with Gasteiger partial charge < -0.3 is 15.2 Å². The summed E-state index contributed by atoms with van der Waals surface area (Å²) in [4.78, 5) is 0. The fourth-order valence-electron chi connectivity index (χ4n) is 2.41. The summed E-state index contributed by atoms with van der Waals surface area (Å²) in [7, 11) is 1.68. The average Bonchev–Trinajstić information content (AvgIpc) is 2.78. The Morgan fingerprint density at radius 1 is 1.44 bits per heavy atom. The first-order valence-corrected chi connectivity index (χ1v) is 7.07. The molecule has 0 spiro atoms. The number of aryl methyl sites for hydroxylation is 1. The van der Waals surface area contributed by atoms with E-state index in [9.17, 15) is 0 Å². The minimum Gasteiger partial charge on any atom is -0.496 e. The number of methoxy groups -OCH3 is 1. The van der Waals surface area contributed by atoms with Gasteiger partial charge in [0.25, 0.3) is 0 Å². The molecule has 0 radical (unpaired) electrons. The Bertz CT molecular complexity index is 436. The van der Waals surface area contributed by atoms with Crippen LogP contribution in [0.4, 0.5) is 0 Å². The summed E-state index contributed by atoms with van der Waals surface area (Å²) in [6.45, 7) is 4.13. The van der Waals surface area contributed by atoms with Gasteiger partial charge in [0.1, 0.15) is 5.75 Å². The largest absolute Gasteiger partial charge is 0.496 e. The second-order valence-electron chi connectivity index (χ2n) is 4.93.